The van der Waals surface area contributed by atoms with Crippen LogP contribution in [0.25, 0.3) is 0 Å². The average molecular weight is 282 g/mol. The molecule has 0 spiro atoms. The molecule has 1 amide bonds. The number of hydrogen-bond donors (Lipinski definition) is 3. The first-order valence-corrected chi connectivity index (χ1v) is 7.79. The minimum Gasteiger partial charge on any atom is -0.480 e. The number of carboxylic acid groups (broad SMARTS) is 1. The Morgan fingerprint density at radius 2 is 1.90 bits per heavy atom. The van der Waals surface area contributed by atoms with Gasteiger partial charge in [0.15, 0.2) is 0 Å². The molecular formula is C15H26N2O3. The molecule has 0 heterocycles. The zero-order chi connectivity index (χ0) is 14.8. The number of amides is 1. The Labute approximate surface area is 120 Å². The lowest BCUT2D eigenvalue weighted by Gasteiger charge is -2.38. The maximum atomic E-state index is 12.3. The van der Waals surface area contributed by atoms with Crippen LogP contribution in [0.4, 0.5) is 0 Å². The summed E-state index contributed by atoms with van der Waals surface area (Å²) in [7, 11) is 0. The van der Waals surface area contributed by atoms with Crippen molar-refractivity contribution in [2.24, 2.45) is 17.6 Å². The standard InChI is InChI=1S/C15H26N2O3/c1-2-10-6-8-15(9-7-10,14(19)20)17-13(18)11-4-3-5-12(11)16/h10-12H,2-9,16H2,1H3,(H,17,18)(H,19,20). The van der Waals surface area contributed by atoms with Gasteiger partial charge in [0.1, 0.15) is 5.54 Å². The minimum atomic E-state index is -1.06. The van der Waals surface area contributed by atoms with Gasteiger partial charge in [-0.15, -0.1) is 0 Å². The summed E-state index contributed by atoms with van der Waals surface area (Å²) in [6.07, 6.45) is 6.49. The van der Waals surface area contributed by atoms with Crippen LogP contribution in [0.3, 0.4) is 0 Å². The molecule has 0 aromatic carbocycles. The number of hydrogen-bond acceptors (Lipinski definition) is 3. The zero-order valence-electron chi connectivity index (χ0n) is 12.2. The van der Waals surface area contributed by atoms with Crippen LogP contribution in [0.1, 0.15) is 58.3 Å². The maximum absolute atomic E-state index is 12.3. The quantitative estimate of drug-likeness (QED) is 0.731. The average Bonchev–Trinajstić information content (AvgIpc) is 2.85. The smallest absolute Gasteiger partial charge is 0.329 e. The molecular weight excluding hydrogens is 256 g/mol. The van der Waals surface area contributed by atoms with Crippen molar-refractivity contribution in [3.63, 3.8) is 0 Å². The van der Waals surface area contributed by atoms with Gasteiger partial charge in [0, 0.05) is 6.04 Å². The van der Waals surface area contributed by atoms with Crippen molar-refractivity contribution in [2.45, 2.75) is 69.9 Å². The van der Waals surface area contributed by atoms with E-state index in [1.54, 1.807) is 0 Å². The number of nitrogens with one attached hydrogen (secondary N) is 1. The summed E-state index contributed by atoms with van der Waals surface area (Å²) in [6.45, 7) is 2.13. The van der Waals surface area contributed by atoms with Crippen molar-refractivity contribution in [3.8, 4) is 0 Å². The lowest BCUT2D eigenvalue weighted by atomic mass is 9.75. The molecule has 2 rings (SSSR count). The summed E-state index contributed by atoms with van der Waals surface area (Å²) in [5.41, 5.74) is 4.88. The Kier molecular flexibility index (Phi) is 4.68. The van der Waals surface area contributed by atoms with Crippen molar-refractivity contribution < 1.29 is 14.7 Å². The highest BCUT2D eigenvalue weighted by molar-refractivity contribution is 5.88. The Morgan fingerprint density at radius 3 is 2.35 bits per heavy atom. The van der Waals surface area contributed by atoms with E-state index in [-0.39, 0.29) is 17.9 Å². The van der Waals surface area contributed by atoms with Crippen molar-refractivity contribution >= 4 is 11.9 Å². The second-order valence-corrected chi connectivity index (χ2v) is 6.43. The molecule has 0 radical (unpaired) electrons. The molecule has 2 unspecified atom stereocenters. The summed E-state index contributed by atoms with van der Waals surface area (Å²) in [5, 5.41) is 12.4. The van der Waals surface area contributed by atoms with Crippen LogP contribution < -0.4 is 11.1 Å². The van der Waals surface area contributed by atoms with Crippen LogP contribution in [-0.4, -0.2) is 28.6 Å². The molecule has 2 fully saturated rings. The Balaban J connectivity index is 2.03. The third-order valence-corrected chi connectivity index (χ3v) is 5.21. The third-order valence-electron chi connectivity index (χ3n) is 5.21. The lowest BCUT2D eigenvalue weighted by molar-refractivity contribution is -0.150. The van der Waals surface area contributed by atoms with Crippen LogP contribution in [0.5, 0.6) is 0 Å². The van der Waals surface area contributed by atoms with Gasteiger partial charge >= 0.3 is 5.97 Å². The van der Waals surface area contributed by atoms with Crippen molar-refractivity contribution in [1.82, 2.24) is 5.32 Å². The molecule has 20 heavy (non-hydrogen) atoms. The fraction of sp³-hybridized carbons (Fsp3) is 0.867. The molecule has 0 aromatic heterocycles. The number of carboxylic acids is 1. The van der Waals surface area contributed by atoms with Gasteiger partial charge in [-0.3, -0.25) is 4.79 Å². The van der Waals surface area contributed by atoms with Crippen molar-refractivity contribution in [1.29, 1.82) is 0 Å². The summed E-state index contributed by atoms with van der Waals surface area (Å²) in [5.74, 6) is -0.678. The normalized spacial score (nSPS) is 37.6. The van der Waals surface area contributed by atoms with E-state index in [2.05, 4.69) is 12.2 Å². The van der Waals surface area contributed by atoms with Crippen LogP contribution >= 0.6 is 0 Å². The maximum Gasteiger partial charge on any atom is 0.329 e. The molecule has 2 saturated carbocycles. The van der Waals surface area contributed by atoms with E-state index in [0.717, 1.165) is 38.5 Å². The fourth-order valence-electron chi connectivity index (χ4n) is 3.61. The first-order chi connectivity index (χ1) is 9.48. The molecule has 2 aliphatic rings. The molecule has 0 saturated heterocycles. The van der Waals surface area contributed by atoms with Gasteiger partial charge in [-0.1, -0.05) is 19.8 Å². The van der Waals surface area contributed by atoms with E-state index in [0.29, 0.717) is 18.8 Å². The van der Waals surface area contributed by atoms with Crippen molar-refractivity contribution in [2.75, 3.05) is 0 Å². The first-order valence-electron chi connectivity index (χ1n) is 7.79. The summed E-state index contributed by atoms with van der Waals surface area (Å²) in [4.78, 5) is 24.0. The molecule has 0 aromatic rings. The second kappa shape index (κ2) is 6.12. The first kappa shape index (κ1) is 15.3. The molecule has 4 N–H and O–H groups in total. The highest BCUT2D eigenvalue weighted by Crippen LogP contribution is 2.35. The number of rotatable bonds is 4. The number of carbonyl (C=O) groups excluding carboxylic acids is 1. The van der Waals surface area contributed by atoms with E-state index in [1.807, 2.05) is 0 Å². The third kappa shape index (κ3) is 2.97. The summed E-state index contributed by atoms with van der Waals surface area (Å²) in [6, 6.07) is -0.118. The number of aliphatic carboxylic acids is 1. The van der Waals surface area contributed by atoms with E-state index in [9.17, 15) is 14.7 Å². The predicted octanol–water partition coefficient (Wildman–Crippen LogP) is 1.65. The Hall–Kier alpha value is -1.10. The zero-order valence-corrected chi connectivity index (χ0v) is 12.2. The summed E-state index contributed by atoms with van der Waals surface area (Å²) < 4.78 is 0. The van der Waals surface area contributed by atoms with E-state index < -0.39 is 11.5 Å². The van der Waals surface area contributed by atoms with Gasteiger partial charge < -0.3 is 16.2 Å². The van der Waals surface area contributed by atoms with Gasteiger partial charge in [0.2, 0.25) is 5.91 Å². The van der Waals surface area contributed by atoms with Gasteiger partial charge in [-0.2, -0.15) is 0 Å². The molecule has 2 aliphatic carbocycles. The fourth-order valence-corrected chi connectivity index (χ4v) is 3.61. The van der Waals surface area contributed by atoms with Gasteiger partial charge in [0.05, 0.1) is 5.92 Å². The number of nitrogens with two attached hydrogens (primary N) is 1. The number of carbonyl (C=O) groups is 2. The van der Waals surface area contributed by atoms with E-state index in [1.165, 1.54) is 0 Å². The molecule has 114 valence electrons. The molecule has 0 bridgehead atoms. The van der Waals surface area contributed by atoms with E-state index >= 15 is 0 Å². The largest absolute Gasteiger partial charge is 0.480 e. The topological polar surface area (TPSA) is 92.4 Å². The van der Waals surface area contributed by atoms with Crippen molar-refractivity contribution in [3.05, 3.63) is 0 Å². The van der Waals surface area contributed by atoms with Gasteiger partial charge in [0.25, 0.3) is 0 Å². The minimum absolute atomic E-state index is 0.118. The molecule has 5 nitrogen and oxygen atoms in total. The Bertz CT molecular complexity index is 375. The monoisotopic (exact) mass is 282 g/mol. The summed E-state index contributed by atoms with van der Waals surface area (Å²) >= 11 is 0. The molecule has 2 atom stereocenters. The molecule has 0 aliphatic heterocycles. The molecule has 5 heteroatoms. The van der Waals surface area contributed by atoms with Crippen LogP contribution in [0.2, 0.25) is 0 Å². The highest BCUT2D eigenvalue weighted by atomic mass is 16.4. The second-order valence-electron chi connectivity index (χ2n) is 6.43. The van der Waals surface area contributed by atoms with Crippen LogP contribution in [-0.2, 0) is 9.59 Å². The van der Waals surface area contributed by atoms with Crippen LogP contribution in [0, 0.1) is 11.8 Å². The van der Waals surface area contributed by atoms with Gasteiger partial charge in [-0.05, 0) is 44.4 Å². The highest BCUT2D eigenvalue weighted by Gasteiger charge is 2.44. The lowest BCUT2D eigenvalue weighted by Crippen LogP contribution is -2.58. The Morgan fingerprint density at radius 1 is 1.25 bits per heavy atom. The van der Waals surface area contributed by atoms with Crippen LogP contribution in [0.15, 0.2) is 0 Å². The SMILES string of the molecule is CCC1CCC(NC(=O)C2CCCC2N)(C(=O)O)CC1. The van der Waals surface area contributed by atoms with E-state index in [4.69, 9.17) is 5.73 Å². The van der Waals surface area contributed by atoms with Gasteiger partial charge in [-0.25, -0.2) is 4.79 Å². The predicted molar refractivity (Wildman–Crippen MR) is 76.1 cm³/mol.